The minimum Gasteiger partial charge on any atom is -0.322 e. The highest BCUT2D eigenvalue weighted by Gasteiger charge is 2.39. The average molecular weight is 484 g/mol. The number of benzene rings is 2. The van der Waals surface area contributed by atoms with E-state index in [0.29, 0.717) is 35.9 Å². The van der Waals surface area contributed by atoms with Crippen LogP contribution in [0, 0.1) is 5.92 Å². The third-order valence-corrected chi connectivity index (χ3v) is 8.40. The van der Waals surface area contributed by atoms with Gasteiger partial charge in [-0.15, -0.1) is 0 Å². The first kappa shape index (κ1) is 21.9. The minimum absolute atomic E-state index is 0.000822. The molecule has 2 aliphatic rings. The second-order valence-electron chi connectivity index (χ2n) is 8.51. The Bertz CT molecular complexity index is 1370. The Morgan fingerprint density at radius 1 is 0.939 bits per heavy atom. The maximum atomic E-state index is 13.3. The summed E-state index contributed by atoms with van der Waals surface area (Å²) in [6.07, 6.45) is 0.880. The zero-order valence-electron chi connectivity index (χ0n) is 17.6. The van der Waals surface area contributed by atoms with E-state index in [1.165, 1.54) is 16.4 Å². The Hall–Kier alpha value is -2.94. The van der Waals surface area contributed by atoms with E-state index in [9.17, 15) is 18.0 Å². The quantitative estimate of drug-likeness (QED) is 0.614. The summed E-state index contributed by atoms with van der Waals surface area (Å²) in [5.41, 5.74) is 1.82. The number of carbonyl (C=O) groups excluding carboxylic acids is 1. The molecule has 1 saturated heterocycles. The first-order chi connectivity index (χ1) is 15.8. The number of carbonyl (C=O) groups is 1. The summed E-state index contributed by atoms with van der Waals surface area (Å²) in [6, 6.07) is 17.9. The number of pyridine rings is 1. The van der Waals surface area contributed by atoms with Gasteiger partial charge in [0.25, 0.3) is 11.5 Å². The number of nitrogens with one attached hydrogen (secondary N) is 1. The molecule has 7 nitrogen and oxygen atoms in total. The molecular formula is C24H22ClN3O4S. The number of halogens is 1. The molecule has 1 amide bonds. The summed E-state index contributed by atoms with van der Waals surface area (Å²) in [5.74, 6) is -0.205. The molecular weight excluding hydrogens is 462 g/mol. The molecule has 1 aromatic heterocycles. The van der Waals surface area contributed by atoms with E-state index < -0.39 is 10.0 Å². The molecule has 1 N–H and O–H groups in total. The fourth-order valence-corrected chi connectivity index (χ4v) is 6.40. The van der Waals surface area contributed by atoms with E-state index in [0.717, 1.165) is 12.1 Å². The molecule has 2 aromatic carbocycles. The van der Waals surface area contributed by atoms with Crippen LogP contribution in [0.2, 0.25) is 5.02 Å². The van der Waals surface area contributed by atoms with E-state index >= 15 is 0 Å². The monoisotopic (exact) mass is 483 g/mol. The third kappa shape index (κ3) is 4.21. The van der Waals surface area contributed by atoms with E-state index in [2.05, 4.69) is 5.32 Å². The summed E-state index contributed by atoms with van der Waals surface area (Å²) >= 11 is 5.86. The SMILES string of the molecule is O=C(Nc1ccc(S(=O)(=O)N2C[C@H]3C[C@H](C2)c2cccc(=O)n2C3)cc1)c1ccc(Cl)cc1. The lowest BCUT2D eigenvalue weighted by Crippen LogP contribution is -2.48. The fourth-order valence-electron chi connectivity index (χ4n) is 4.71. The van der Waals surface area contributed by atoms with Crippen LogP contribution in [0.5, 0.6) is 0 Å². The molecule has 5 rings (SSSR count). The number of anilines is 1. The van der Waals surface area contributed by atoms with Crippen LogP contribution in [0.4, 0.5) is 5.69 Å². The van der Waals surface area contributed by atoms with Crippen molar-refractivity contribution >= 4 is 33.2 Å². The summed E-state index contributed by atoms with van der Waals surface area (Å²) in [5, 5.41) is 3.30. The van der Waals surface area contributed by atoms with Crippen molar-refractivity contribution in [1.82, 2.24) is 8.87 Å². The van der Waals surface area contributed by atoms with Crippen molar-refractivity contribution in [3.8, 4) is 0 Å². The molecule has 9 heteroatoms. The Morgan fingerprint density at radius 2 is 1.67 bits per heavy atom. The first-order valence-electron chi connectivity index (χ1n) is 10.7. The van der Waals surface area contributed by atoms with Crippen LogP contribution in [0.25, 0.3) is 0 Å². The van der Waals surface area contributed by atoms with Gasteiger partial charge in [0.1, 0.15) is 0 Å². The number of amides is 1. The van der Waals surface area contributed by atoms with Gasteiger partial charge in [0.05, 0.1) is 4.90 Å². The van der Waals surface area contributed by atoms with Crippen LogP contribution in [-0.2, 0) is 16.6 Å². The Labute approximate surface area is 196 Å². The highest BCUT2D eigenvalue weighted by atomic mass is 35.5. The molecule has 0 spiro atoms. The van der Waals surface area contributed by atoms with E-state index in [4.69, 9.17) is 11.6 Å². The molecule has 170 valence electrons. The third-order valence-electron chi connectivity index (χ3n) is 6.30. The van der Waals surface area contributed by atoms with Crippen molar-refractivity contribution in [3.63, 3.8) is 0 Å². The number of fused-ring (bicyclic) bond motifs is 4. The lowest BCUT2D eigenvalue weighted by molar-refractivity contribution is 0.102. The summed E-state index contributed by atoms with van der Waals surface area (Å²) in [6.45, 7) is 1.26. The van der Waals surface area contributed by atoms with Gasteiger partial charge in [0, 0.05) is 53.6 Å². The van der Waals surface area contributed by atoms with Gasteiger partial charge in [-0.1, -0.05) is 17.7 Å². The van der Waals surface area contributed by atoms with Gasteiger partial charge in [-0.3, -0.25) is 9.59 Å². The molecule has 3 heterocycles. The number of aromatic nitrogens is 1. The van der Waals surface area contributed by atoms with Gasteiger partial charge in [-0.05, 0) is 66.9 Å². The topological polar surface area (TPSA) is 88.5 Å². The van der Waals surface area contributed by atoms with Gasteiger partial charge in [0.15, 0.2) is 0 Å². The van der Waals surface area contributed by atoms with Gasteiger partial charge >= 0.3 is 0 Å². The maximum absolute atomic E-state index is 13.3. The van der Waals surface area contributed by atoms with Crippen LogP contribution in [0.3, 0.4) is 0 Å². The van der Waals surface area contributed by atoms with Crippen LogP contribution >= 0.6 is 11.6 Å². The molecule has 2 atom stereocenters. The first-order valence-corrected chi connectivity index (χ1v) is 12.5. The van der Waals surface area contributed by atoms with Crippen LogP contribution < -0.4 is 10.9 Å². The largest absolute Gasteiger partial charge is 0.322 e. The summed E-state index contributed by atoms with van der Waals surface area (Å²) in [7, 11) is -3.70. The van der Waals surface area contributed by atoms with E-state index in [1.807, 2.05) is 6.07 Å². The zero-order chi connectivity index (χ0) is 23.2. The lowest BCUT2D eigenvalue weighted by Gasteiger charge is -2.42. The van der Waals surface area contributed by atoms with Crippen LogP contribution in [0.1, 0.15) is 28.4 Å². The van der Waals surface area contributed by atoms with Gasteiger partial charge in [-0.25, -0.2) is 8.42 Å². The molecule has 0 aliphatic carbocycles. The van der Waals surface area contributed by atoms with Crippen molar-refractivity contribution in [2.45, 2.75) is 23.8 Å². The molecule has 2 bridgehead atoms. The Kier molecular flexibility index (Phi) is 5.60. The minimum atomic E-state index is -3.70. The van der Waals surface area contributed by atoms with E-state index in [-0.39, 0.29) is 28.2 Å². The standard InChI is InChI=1S/C24H22ClN3O4S/c25-19-6-4-17(5-7-19)24(30)26-20-8-10-21(11-9-20)33(31,32)27-13-16-12-18(15-27)22-2-1-3-23(29)28(22)14-16/h1-11,16,18H,12-15H2,(H,26,30)/t16-,18-/m1/s1. The van der Waals surface area contributed by atoms with Crippen molar-refractivity contribution in [3.05, 3.63) is 93.4 Å². The number of rotatable bonds is 4. The number of sulfonamides is 1. The molecule has 0 radical (unpaired) electrons. The predicted octanol–water partition coefficient (Wildman–Crippen LogP) is 3.56. The molecule has 2 aliphatic heterocycles. The predicted molar refractivity (Wildman–Crippen MR) is 126 cm³/mol. The van der Waals surface area contributed by atoms with Crippen molar-refractivity contribution in [1.29, 1.82) is 0 Å². The smallest absolute Gasteiger partial charge is 0.255 e. The van der Waals surface area contributed by atoms with Gasteiger partial charge in [-0.2, -0.15) is 4.31 Å². The van der Waals surface area contributed by atoms with Gasteiger partial charge < -0.3 is 9.88 Å². The normalized spacial score (nSPS) is 20.2. The molecule has 0 saturated carbocycles. The van der Waals surface area contributed by atoms with Gasteiger partial charge in [0.2, 0.25) is 10.0 Å². The molecule has 33 heavy (non-hydrogen) atoms. The fraction of sp³-hybridized carbons (Fsp3) is 0.250. The van der Waals surface area contributed by atoms with Crippen molar-refractivity contribution in [2.75, 3.05) is 18.4 Å². The number of nitrogens with zero attached hydrogens (tertiary/aromatic N) is 2. The molecule has 0 unspecified atom stereocenters. The lowest BCUT2D eigenvalue weighted by atomic mass is 9.84. The second-order valence-corrected chi connectivity index (χ2v) is 10.9. The van der Waals surface area contributed by atoms with Crippen LogP contribution in [0.15, 0.2) is 76.4 Å². The Balaban J connectivity index is 1.33. The number of hydrogen-bond acceptors (Lipinski definition) is 4. The molecule has 3 aromatic rings. The second kappa shape index (κ2) is 8.44. The Morgan fingerprint density at radius 3 is 2.39 bits per heavy atom. The van der Waals surface area contributed by atoms with E-state index in [1.54, 1.807) is 53.1 Å². The van der Waals surface area contributed by atoms with Crippen molar-refractivity contribution < 1.29 is 13.2 Å². The summed E-state index contributed by atoms with van der Waals surface area (Å²) < 4.78 is 30.0. The van der Waals surface area contributed by atoms with Crippen LogP contribution in [-0.4, -0.2) is 36.3 Å². The molecule has 1 fully saturated rings. The number of piperidine rings is 1. The highest BCUT2D eigenvalue weighted by molar-refractivity contribution is 7.89. The van der Waals surface area contributed by atoms with Crippen molar-refractivity contribution in [2.24, 2.45) is 5.92 Å². The highest BCUT2D eigenvalue weighted by Crippen LogP contribution is 2.37. The average Bonchev–Trinajstić information content (AvgIpc) is 2.80. The maximum Gasteiger partial charge on any atom is 0.255 e. The zero-order valence-corrected chi connectivity index (χ0v) is 19.2. The number of hydrogen-bond donors (Lipinski definition) is 1. The summed E-state index contributed by atoms with van der Waals surface area (Å²) in [4.78, 5) is 24.8.